The van der Waals surface area contributed by atoms with Crippen LogP contribution in [0.4, 0.5) is 0 Å². The zero-order valence-electron chi connectivity index (χ0n) is 13.6. The molecule has 24 heavy (non-hydrogen) atoms. The van der Waals surface area contributed by atoms with Crippen LogP contribution in [-0.4, -0.2) is 30.9 Å². The molecule has 126 valence electrons. The number of aliphatic hydroxyl groups excluding tert-OH is 1. The van der Waals surface area contributed by atoms with Crippen molar-refractivity contribution < 1.29 is 14.3 Å². The summed E-state index contributed by atoms with van der Waals surface area (Å²) in [6.45, 7) is 3.48. The summed E-state index contributed by atoms with van der Waals surface area (Å²) in [6, 6.07) is 12.4. The minimum atomic E-state index is -0.640. The van der Waals surface area contributed by atoms with Gasteiger partial charge in [-0.1, -0.05) is 25.1 Å². The molecule has 1 atom stereocenters. The van der Waals surface area contributed by atoms with Gasteiger partial charge in [0.25, 0.3) is 0 Å². The van der Waals surface area contributed by atoms with E-state index >= 15 is 0 Å². The quantitative estimate of drug-likeness (QED) is 0.516. The molecule has 2 aromatic carbocycles. The molecule has 5 heteroatoms. The number of aliphatic hydroxyl groups is 1. The molecule has 0 aliphatic rings. The van der Waals surface area contributed by atoms with Crippen LogP contribution >= 0.6 is 0 Å². The van der Waals surface area contributed by atoms with Crippen molar-refractivity contribution in [2.24, 2.45) is 0 Å². The van der Waals surface area contributed by atoms with Crippen molar-refractivity contribution in [1.82, 2.24) is 5.32 Å². The summed E-state index contributed by atoms with van der Waals surface area (Å²) in [4.78, 5) is 12.7. The Morgan fingerprint density at radius 1 is 1.17 bits per heavy atom. The van der Waals surface area contributed by atoms with Crippen molar-refractivity contribution in [1.29, 1.82) is 0 Å². The summed E-state index contributed by atoms with van der Waals surface area (Å²) in [7, 11) is 0. The van der Waals surface area contributed by atoms with Gasteiger partial charge >= 0.3 is 0 Å². The summed E-state index contributed by atoms with van der Waals surface area (Å²) < 4.78 is 11.5. The van der Waals surface area contributed by atoms with Gasteiger partial charge < -0.3 is 19.6 Å². The van der Waals surface area contributed by atoms with Gasteiger partial charge in [0.2, 0.25) is 5.43 Å². The number of benzene rings is 2. The lowest BCUT2D eigenvalue weighted by molar-refractivity contribution is 0.107. The molecule has 1 unspecified atom stereocenters. The fourth-order valence-corrected chi connectivity index (χ4v) is 2.63. The molecule has 2 N–H and O–H groups in total. The van der Waals surface area contributed by atoms with Crippen molar-refractivity contribution in [2.75, 3.05) is 19.7 Å². The number of nitrogens with one attached hydrogen (secondary N) is 1. The van der Waals surface area contributed by atoms with Crippen LogP contribution in [0.15, 0.2) is 51.7 Å². The van der Waals surface area contributed by atoms with Crippen molar-refractivity contribution in [2.45, 2.75) is 19.4 Å². The Morgan fingerprint density at radius 3 is 2.79 bits per heavy atom. The monoisotopic (exact) mass is 327 g/mol. The Balaban J connectivity index is 1.88. The van der Waals surface area contributed by atoms with Gasteiger partial charge in [-0.25, -0.2) is 0 Å². The Hall–Kier alpha value is -2.37. The van der Waals surface area contributed by atoms with Gasteiger partial charge in [-0.2, -0.15) is 0 Å². The molecule has 0 bridgehead atoms. The molecule has 3 aromatic rings. The Bertz CT molecular complexity index is 887. The number of hydrogen-bond donors (Lipinski definition) is 2. The number of para-hydroxylation sites is 1. The smallest absolute Gasteiger partial charge is 0.204 e. The van der Waals surface area contributed by atoms with Gasteiger partial charge in [0.05, 0.1) is 5.39 Å². The lowest BCUT2D eigenvalue weighted by atomic mass is 10.1. The first-order valence-corrected chi connectivity index (χ1v) is 8.17. The van der Waals surface area contributed by atoms with Gasteiger partial charge in [-0.3, -0.25) is 4.79 Å². The molecule has 0 fully saturated rings. The molecule has 3 rings (SSSR count). The SMILES string of the molecule is CCCNCC(O)COc1cccc2oc3ccccc3c(=O)c12. The number of rotatable bonds is 7. The summed E-state index contributed by atoms with van der Waals surface area (Å²) in [5.74, 6) is 0.432. The Kier molecular flexibility index (Phi) is 5.13. The molecule has 0 spiro atoms. The van der Waals surface area contributed by atoms with Gasteiger partial charge in [0.1, 0.15) is 35.0 Å². The van der Waals surface area contributed by atoms with Crippen molar-refractivity contribution in [3.8, 4) is 5.75 Å². The molecule has 0 saturated heterocycles. The minimum absolute atomic E-state index is 0.113. The molecule has 1 heterocycles. The van der Waals surface area contributed by atoms with Crippen molar-refractivity contribution >= 4 is 21.9 Å². The average Bonchev–Trinajstić information content (AvgIpc) is 2.60. The van der Waals surface area contributed by atoms with E-state index in [4.69, 9.17) is 9.15 Å². The molecule has 0 radical (unpaired) electrons. The fraction of sp³-hybridized carbons (Fsp3) is 0.316. The maximum absolute atomic E-state index is 12.7. The number of fused-ring (bicyclic) bond motifs is 2. The largest absolute Gasteiger partial charge is 0.490 e. The molecule has 0 amide bonds. The summed E-state index contributed by atoms with van der Waals surface area (Å²) >= 11 is 0. The second-order valence-electron chi connectivity index (χ2n) is 5.73. The maximum atomic E-state index is 12.7. The predicted octanol–water partition coefficient (Wildman–Crippen LogP) is 2.69. The highest BCUT2D eigenvalue weighted by Crippen LogP contribution is 2.26. The van der Waals surface area contributed by atoms with Crippen LogP contribution in [0.2, 0.25) is 0 Å². The number of ether oxygens (including phenoxy) is 1. The van der Waals surface area contributed by atoms with Gasteiger partial charge in [-0.15, -0.1) is 0 Å². The lowest BCUT2D eigenvalue weighted by Gasteiger charge is -2.14. The average molecular weight is 327 g/mol. The van der Waals surface area contributed by atoms with Gasteiger partial charge in [-0.05, 0) is 37.2 Å². The first-order chi connectivity index (χ1) is 11.7. The van der Waals surface area contributed by atoms with Crippen molar-refractivity contribution in [3.63, 3.8) is 0 Å². The highest BCUT2D eigenvalue weighted by atomic mass is 16.5. The van der Waals surface area contributed by atoms with E-state index in [1.807, 2.05) is 6.07 Å². The number of hydrogen-bond acceptors (Lipinski definition) is 5. The first-order valence-electron chi connectivity index (χ1n) is 8.17. The van der Waals surface area contributed by atoms with E-state index in [1.54, 1.807) is 36.4 Å². The predicted molar refractivity (Wildman–Crippen MR) is 94.7 cm³/mol. The van der Waals surface area contributed by atoms with E-state index in [0.29, 0.717) is 34.2 Å². The van der Waals surface area contributed by atoms with Crippen LogP contribution < -0.4 is 15.5 Å². The molecule has 0 aliphatic heterocycles. The molecule has 5 nitrogen and oxygen atoms in total. The van der Waals surface area contributed by atoms with E-state index in [0.717, 1.165) is 13.0 Å². The van der Waals surface area contributed by atoms with Crippen molar-refractivity contribution in [3.05, 3.63) is 52.7 Å². The zero-order chi connectivity index (χ0) is 16.9. The third-order valence-corrected chi connectivity index (χ3v) is 3.80. The summed E-state index contributed by atoms with van der Waals surface area (Å²) in [6.07, 6.45) is 0.365. The Morgan fingerprint density at radius 2 is 1.96 bits per heavy atom. The van der Waals surface area contributed by atoms with Crippen LogP contribution in [0.3, 0.4) is 0 Å². The summed E-state index contributed by atoms with van der Waals surface area (Å²) in [5.41, 5.74) is 0.909. The molecule has 1 aromatic heterocycles. The van der Waals surface area contributed by atoms with E-state index in [1.165, 1.54) is 0 Å². The fourth-order valence-electron chi connectivity index (χ4n) is 2.63. The van der Waals surface area contributed by atoms with E-state index in [-0.39, 0.29) is 12.0 Å². The van der Waals surface area contributed by atoms with Crippen LogP contribution in [-0.2, 0) is 0 Å². The normalized spacial score (nSPS) is 12.6. The van der Waals surface area contributed by atoms with Crippen LogP contribution in [0, 0.1) is 0 Å². The van der Waals surface area contributed by atoms with Crippen LogP contribution in [0.5, 0.6) is 5.75 Å². The van der Waals surface area contributed by atoms with E-state index in [9.17, 15) is 9.90 Å². The second-order valence-corrected chi connectivity index (χ2v) is 5.73. The molecular formula is C19H21NO4. The van der Waals surface area contributed by atoms with Gasteiger partial charge in [0.15, 0.2) is 0 Å². The molecule has 0 saturated carbocycles. The van der Waals surface area contributed by atoms with Crippen LogP contribution in [0.1, 0.15) is 13.3 Å². The highest BCUT2D eigenvalue weighted by molar-refractivity contribution is 5.93. The standard InChI is InChI=1S/C19H21NO4/c1-2-10-20-11-13(21)12-23-16-8-5-9-17-18(16)19(22)14-6-3-4-7-15(14)24-17/h3-9,13,20-21H,2,10-12H2,1H3. The third kappa shape index (κ3) is 3.42. The topological polar surface area (TPSA) is 71.7 Å². The Labute approximate surface area is 139 Å². The molecular weight excluding hydrogens is 306 g/mol. The van der Waals surface area contributed by atoms with E-state index in [2.05, 4.69) is 12.2 Å². The van der Waals surface area contributed by atoms with E-state index < -0.39 is 6.10 Å². The lowest BCUT2D eigenvalue weighted by Crippen LogP contribution is -2.31. The van der Waals surface area contributed by atoms with Crippen LogP contribution in [0.25, 0.3) is 21.9 Å². The molecule has 0 aliphatic carbocycles. The highest BCUT2D eigenvalue weighted by Gasteiger charge is 2.13. The first kappa shape index (κ1) is 16.5. The third-order valence-electron chi connectivity index (χ3n) is 3.80. The minimum Gasteiger partial charge on any atom is -0.490 e. The maximum Gasteiger partial charge on any atom is 0.204 e. The van der Waals surface area contributed by atoms with Gasteiger partial charge in [0, 0.05) is 6.54 Å². The summed E-state index contributed by atoms with van der Waals surface area (Å²) in [5, 5.41) is 14.0. The zero-order valence-corrected chi connectivity index (χ0v) is 13.6. The second kappa shape index (κ2) is 7.47.